The second-order valence-corrected chi connectivity index (χ2v) is 8.96. The van der Waals surface area contributed by atoms with E-state index in [0.717, 1.165) is 24.1 Å². The number of rotatable bonds is 4. The van der Waals surface area contributed by atoms with E-state index in [9.17, 15) is 0 Å². The Bertz CT molecular complexity index is 599. The van der Waals surface area contributed by atoms with Gasteiger partial charge in [-0.15, -0.1) is 0 Å². The fourth-order valence-corrected chi connectivity index (χ4v) is 5.60. The van der Waals surface area contributed by atoms with Crippen LogP contribution in [0.25, 0.3) is 0 Å². The molecule has 3 fully saturated rings. The van der Waals surface area contributed by atoms with Crippen molar-refractivity contribution < 1.29 is 4.39 Å². The number of hydrogen-bond donors (Lipinski definition) is 0. The summed E-state index contributed by atoms with van der Waals surface area (Å²) >= 11 is 0. The summed E-state index contributed by atoms with van der Waals surface area (Å²) in [6.07, 6.45) is 1.95. The number of halogens is 1. The highest BCUT2D eigenvalue weighted by Gasteiger charge is 2.65. The van der Waals surface area contributed by atoms with Crippen LogP contribution in [0.3, 0.4) is 0 Å². The van der Waals surface area contributed by atoms with Crippen LogP contribution in [0.4, 0.5) is 4.39 Å². The molecule has 2 saturated heterocycles. The Kier molecular flexibility index (Phi) is 3.81. The predicted octanol–water partition coefficient (Wildman–Crippen LogP) is 4.06. The molecule has 0 aromatic heterocycles. The average Bonchev–Trinajstić information content (AvgIpc) is 2.92. The Morgan fingerprint density at radius 3 is 2.54 bits per heavy atom. The second-order valence-electron chi connectivity index (χ2n) is 8.96. The quantitative estimate of drug-likeness (QED) is 0.821. The van der Waals surface area contributed by atoms with Crippen LogP contribution in [0, 0.1) is 11.8 Å². The largest absolute Gasteiger partial charge is 0.297 e. The molecule has 132 valence electrons. The maximum Gasteiger partial charge on any atom is 0.149 e. The number of benzene rings is 1. The van der Waals surface area contributed by atoms with Gasteiger partial charge in [-0.05, 0) is 64.5 Å². The fourth-order valence-electron chi connectivity index (χ4n) is 5.60. The van der Waals surface area contributed by atoms with Crippen LogP contribution < -0.4 is 0 Å². The zero-order chi connectivity index (χ0) is 17.1. The van der Waals surface area contributed by atoms with Crippen molar-refractivity contribution in [2.45, 2.75) is 63.8 Å². The molecule has 24 heavy (non-hydrogen) atoms. The summed E-state index contributed by atoms with van der Waals surface area (Å²) in [5.41, 5.74) is -0.241. The Morgan fingerprint density at radius 2 is 1.88 bits per heavy atom. The van der Waals surface area contributed by atoms with Gasteiger partial charge in [-0.1, -0.05) is 30.3 Å². The number of alkyl halides is 1. The molecule has 0 bridgehead atoms. The monoisotopic (exact) mass is 330 g/mol. The summed E-state index contributed by atoms with van der Waals surface area (Å²) in [5.74, 6) is 1.53. The molecule has 1 aromatic carbocycles. The lowest BCUT2D eigenvalue weighted by molar-refractivity contribution is 0.0709. The molecule has 1 saturated carbocycles. The summed E-state index contributed by atoms with van der Waals surface area (Å²) in [4.78, 5) is 5.11. The lowest BCUT2D eigenvalue weighted by Crippen LogP contribution is -2.48. The van der Waals surface area contributed by atoms with E-state index in [1.165, 1.54) is 13.0 Å². The molecular formula is C21H31FN2. The van der Waals surface area contributed by atoms with Crippen molar-refractivity contribution in [3.05, 3.63) is 35.9 Å². The maximum atomic E-state index is 15.6. The molecule has 2 nitrogen and oxygen atoms in total. The molecule has 4 rings (SSSR count). The smallest absolute Gasteiger partial charge is 0.149 e. The molecule has 0 amide bonds. The third kappa shape index (κ3) is 2.43. The van der Waals surface area contributed by atoms with E-state index >= 15 is 4.39 Å². The van der Waals surface area contributed by atoms with Crippen molar-refractivity contribution in [3.63, 3.8) is 0 Å². The van der Waals surface area contributed by atoms with E-state index in [0.29, 0.717) is 24.9 Å². The van der Waals surface area contributed by atoms with Gasteiger partial charge in [-0.25, -0.2) is 4.39 Å². The number of fused-ring (bicyclic) bond motifs is 1. The Hall–Kier alpha value is -0.930. The molecule has 0 radical (unpaired) electrons. The van der Waals surface area contributed by atoms with E-state index in [2.05, 4.69) is 37.5 Å². The van der Waals surface area contributed by atoms with Gasteiger partial charge >= 0.3 is 0 Å². The maximum absolute atomic E-state index is 15.6. The third-order valence-corrected chi connectivity index (χ3v) is 7.04. The van der Waals surface area contributed by atoms with E-state index in [1.807, 2.05) is 30.3 Å². The summed E-state index contributed by atoms with van der Waals surface area (Å²) in [5, 5.41) is 0. The van der Waals surface area contributed by atoms with Gasteiger partial charge in [0.1, 0.15) is 5.67 Å². The Balaban J connectivity index is 1.49. The van der Waals surface area contributed by atoms with E-state index < -0.39 is 5.67 Å². The molecule has 2 aliphatic heterocycles. The molecule has 0 spiro atoms. The number of nitrogens with zero attached hydrogens (tertiary/aromatic N) is 2. The fraction of sp³-hybridized carbons (Fsp3) is 0.714. The van der Waals surface area contributed by atoms with Gasteiger partial charge in [0.15, 0.2) is 0 Å². The van der Waals surface area contributed by atoms with Gasteiger partial charge in [-0.2, -0.15) is 0 Å². The summed E-state index contributed by atoms with van der Waals surface area (Å²) in [6, 6.07) is 11.1. The SMILES string of the molecule is CC(C)N1CCC2C1C2C(C)(C)N1CCC(F)(c2ccccc2)C1. The normalized spacial score (nSPS) is 37.2. The molecule has 4 atom stereocenters. The first-order chi connectivity index (χ1) is 11.3. The topological polar surface area (TPSA) is 6.48 Å². The van der Waals surface area contributed by atoms with Crippen molar-refractivity contribution in [2.24, 2.45) is 11.8 Å². The molecule has 2 heterocycles. The van der Waals surface area contributed by atoms with Gasteiger partial charge < -0.3 is 0 Å². The second kappa shape index (κ2) is 5.54. The number of likely N-dealkylation sites (tertiary alicyclic amines) is 2. The molecule has 3 aliphatic rings. The van der Waals surface area contributed by atoms with Crippen LogP contribution in [-0.2, 0) is 5.67 Å². The van der Waals surface area contributed by atoms with Crippen LogP contribution >= 0.6 is 0 Å². The van der Waals surface area contributed by atoms with Gasteiger partial charge in [0.05, 0.1) is 0 Å². The highest BCUT2D eigenvalue weighted by Crippen LogP contribution is 2.58. The van der Waals surface area contributed by atoms with Crippen LogP contribution in [0.1, 0.15) is 46.1 Å². The van der Waals surface area contributed by atoms with Crippen LogP contribution in [-0.4, -0.2) is 47.1 Å². The first-order valence-corrected chi connectivity index (χ1v) is 9.60. The number of piperidine rings is 1. The van der Waals surface area contributed by atoms with E-state index in [1.54, 1.807) is 0 Å². The molecule has 4 unspecified atom stereocenters. The first-order valence-electron chi connectivity index (χ1n) is 9.60. The van der Waals surface area contributed by atoms with Crippen LogP contribution in [0.15, 0.2) is 30.3 Å². The molecule has 1 aromatic rings. The highest BCUT2D eigenvalue weighted by atomic mass is 19.1. The van der Waals surface area contributed by atoms with Gasteiger partial charge in [-0.3, -0.25) is 9.80 Å². The zero-order valence-electron chi connectivity index (χ0n) is 15.5. The lowest BCUT2D eigenvalue weighted by Gasteiger charge is -2.39. The minimum atomic E-state index is -1.18. The zero-order valence-corrected chi connectivity index (χ0v) is 15.5. The summed E-state index contributed by atoms with van der Waals surface area (Å²) in [7, 11) is 0. The van der Waals surface area contributed by atoms with Crippen molar-refractivity contribution in [2.75, 3.05) is 19.6 Å². The van der Waals surface area contributed by atoms with Crippen LogP contribution in [0.5, 0.6) is 0 Å². The van der Waals surface area contributed by atoms with Gasteiger partial charge in [0, 0.05) is 30.7 Å². The van der Waals surface area contributed by atoms with Crippen molar-refractivity contribution in [3.8, 4) is 0 Å². The number of hydrogen-bond acceptors (Lipinski definition) is 2. The van der Waals surface area contributed by atoms with Crippen molar-refractivity contribution in [1.29, 1.82) is 0 Å². The first kappa shape index (κ1) is 16.5. The third-order valence-electron chi connectivity index (χ3n) is 7.04. The van der Waals surface area contributed by atoms with Crippen molar-refractivity contribution >= 4 is 0 Å². The van der Waals surface area contributed by atoms with Crippen LogP contribution in [0.2, 0.25) is 0 Å². The molecular weight excluding hydrogens is 299 g/mol. The molecule has 1 aliphatic carbocycles. The van der Waals surface area contributed by atoms with E-state index in [-0.39, 0.29) is 5.54 Å². The van der Waals surface area contributed by atoms with Gasteiger partial charge in [0.25, 0.3) is 0 Å². The lowest BCUT2D eigenvalue weighted by atomic mass is 9.91. The average molecular weight is 330 g/mol. The summed E-state index contributed by atoms with van der Waals surface area (Å²) < 4.78 is 15.6. The minimum absolute atomic E-state index is 0.0888. The predicted molar refractivity (Wildman–Crippen MR) is 96.7 cm³/mol. The Morgan fingerprint density at radius 1 is 1.17 bits per heavy atom. The molecule has 0 N–H and O–H groups in total. The van der Waals surface area contributed by atoms with Gasteiger partial charge in [0.2, 0.25) is 0 Å². The van der Waals surface area contributed by atoms with Crippen molar-refractivity contribution in [1.82, 2.24) is 9.80 Å². The summed E-state index contributed by atoms with van der Waals surface area (Å²) in [6.45, 7) is 12.0. The Labute approximate surface area is 146 Å². The van der Waals surface area contributed by atoms with E-state index in [4.69, 9.17) is 0 Å². The standard InChI is InChI=1S/C21H31FN2/c1-15(2)24-12-10-17-18(19(17)24)20(3,4)23-13-11-21(22,14-23)16-8-6-5-7-9-16/h5-9,15,17-19H,10-14H2,1-4H3. The highest BCUT2D eigenvalue weighted by molar-refractivity contribution is 5.26. The minimum Gasteiger partial charge on any atom is -0.297 e. The molecule has 3 heteroatoms.